The number of hydrogen-bond acceptors (Lipinski definition) is 5. The van der Waals surface area contributed by atoms with Crippen LogP contribution in [0.2, 0.25) is 0 Å². The van der Waals surface area contributed by atoms with Gasteiger partial charge in [-0.25, -0.2) is 4.90 Å². The monoisotopic (exact) mass is 404 g/mol. The molecule has 0 atom stereocenters. The van der Waals surface area contributed by atoms with Gasteiger partial charge in [0.15, 0.2) is 0 Å². The second kappa shape index (κ2) is 8.12. The van der Waals surface area contributed by atoms with E-state index in [2.05, 4.69) is 10.2 Å². The molecule has 0 bridgehead atoms. The van der Waals surface area contributed by atoms with Crippen molar-refractivity contribution in [3.05, 3.63) is 65.9 Å². The molecule has 1 N–H and O–H groups in total. The van der Waals surface area contributed by atoms with Crippen molar-refractivity contribution in [3.63, 3.8) is 0 Å². The zero-order chi connectivity index (χ0) is 21.3. The van der Waals surface area contributed by atoms with Crippen LogP contribution < -0.4 is 10.2 Å². The maximum Gasteiger partial charge on any atom is 0.282 e. The van der Waals surface area contributed by atoms with E-state index >= 15 is 0 Å². The first-order chi connectivity index (χ1) is 14.5. The Hall–Kier alpha value is -3.45. The average Bonchev–Trinajstić information content (AvgIpc) is 3.00. The minimum Gasteiger partial charge on any atom is -0.364 e. The number of piperazine rings is 1. The summed E-state index contributed by atoms with van der Waals surface area (Å²) < 4.78 is 0. The Bertz CT molecular complexity index is 1010. The summed E-state index contributed by atoms with van der Waals surface area (Å²) >= 11 is 0. The maximum atomic E-state index is 13.5. The molecule has 0 radical (unpaired) electrons. The van der Waals surface area contributed by atoms with Crippen molar-refractivity contribution in [2.45, 2.75) is 6.92 Å². The topological polar surface area (TPSA) is 73.0 Å². The molecule has 2 aliphatic rings. The normalized spacial score (nSPS) is 17.7. The molecule has 30 heavy (non-hydrogen) atoms. The highest BCUT2D eigenvalue weighted by Gasteiger charge is 2.42. The first-order valence-corrected chi connectivity index (χ1v) is 9.95. The Kier molecular flexibility index (Phi) is 5.37. The molecule has 2 aliphatic heterocycles. The Labute approximate surface area is 175 Å². The van der Waals surface area contributed by atoms with Crippen LogP contribution in [0.15, 0.2) is 60.3 Å². The molecule has 2 aromatic carbocycles. The van der Waals surface area contributed by atoms with Crippen molar-refractivity contribution in [2.24, 2.45) is 0 Å². The Morgan fingerprint density at radius 1 is 0.867 bits per heavy atom. The van der Waals surface area contributed by atoms with E-state index in [9.17, 15) is 14.4 Å². The first kappa shape index (κ1) is 19.8. The van der Waals surface area contributed by atoms with Crippen molar-refractivity contribution in [1.82, 2.24) is 9.80 Å². The predicted molar refractivity (Wildman–Crippen MR) is 116 cm³/mol. The maximum absolute atomic E-state index is 13.5. The molecule has 154 valence electrons. The zero-order valence-corrected chi connectivity index (χ0v) is 17.1. The molecule has 1 saturated heterocycles. The number of rotatable bonds is 4. The van der Waals surface area contributed by atoms with Crippen LogP contribution in [0.25, 0.3) is 5.57 Å². The molecule has 7 nitrogen and oxygen atoms in total. The first-order valence-electron chi connectivity index (χ1n) is 9.95. The van der Waals surface area contributed by atoms with E-state index in [1.165, 1.54) is 11.8 Å². The second-order valence-electron chi connectivity index (χ2n) is 7.55. The quantitative estimate of drug-likeness (QED) is 0.791. The summed E-state index contributed by atoms with van der Waals surface area (Å²) in [5.41, 5.74) is 2.74. The van der Waals surface area contributed by atoms with Crippen LogP contribution >= 0.6 is 0 Å². The lowest BCUT2D eigenvalue weighted by molar-refractivity contribution is -0.121. The SMILES string of the molecule is CC(=O)Nc1ccc(N2C(=O)C(c3ccccc3)=C(N3CCN(C)CC3)C2=O)cc1. The number of imide groups is 1. The van der Waals surface area contributed by atoms with Crippen LogP contribution in [0.3, 0.4) is 0 Å². The Balaban J connectivity index is 1.72. The van der Waals surface area contributed by atoms with Gasteiger partial charge < -0.3 is 15.1 Å². The lowest BCUT2D eigenvalue weighted by Crippen LogP contribution is -2.46. The van der Waals surface area contributed by atoms with Gasteiger partial charge >= 0.3 is 0 Å². The van der Waals surface area contributed by atoms with Crippen LogP contribution in [0.1, 0.15) is 12.5 Å². The third-order valence-electron chi connectivity index (χ3n) is 5.39. The van der Waals surface area contributed by atoms with Crippen molar-refractivity contribution in [2.75, 3.05) is 43.4 Å². The highest BCUT2D eigenvalue weighted by atomic mass is 16.2. The molecule has 1 fully saturated rings. The number of likely N-dealkylation sites (N-methyl/N-ethyl adjacent to an activating group) is 1. The Morgan fingerprint density at radius 2 is 1.50 bits per heavy atom. The van der Waals surface area contributed by atoms with Gasteiger partial charge in [0, 0.05) is 38.8 Å². The summed E-state index contributed by atoms with van der Waals surface area (Å²) in [5.74, 6) is -0.815. The fourth-order valence-corrected chi connectivity index (χ4v) is 3.84. The fourth-order valence-electron chi connectivity index (χ4n) is 3.84. The van der Waals surface area contributed by atoms with Crippen molar-refractivity contribution in [1.29, 1.82) is 0 Å². The fraction of sp³-hybridized carbons (Fsp3) is 0.261. The molecule has 7 heteroatoms. The summed E-state index contributed by atoms with van der Waals surface area (Å²) in [6, 6.07) is 16.1. The number of benzene rings is 2. The zero-order valence-electron chi connectivity index (χ0n) is 17.1. The molecule has 4 rings (SSSR count). The third kappa shape index (κ3) is 3.71. The van der Waals surface area contributed by atoms with Gasteiger partial charge in [-0.05, 0) is 36.9 Å². The van der Waals surface area contributed by atoms with Gasteiger partial charge in [0.05, 0.1) is 11.3 Å². The molecule has 0 aromatic heterocycles. The van der Waals surface area contributed by atoms with Gasteiger partial charge in [0.25, 0.3) is 11.8 Å². The van der Waals surface area contributed by atoms with Gasteiger partial charge in [0.2, 0.25) is 5.91 Å². The van der Waals surface area contributed by atoms with E-state index in [1.54, 1.807) is 24.3 Å². The van der Waals surface area contributed by atoms with Gasteiger partial charge in [-0.1, -0.05) is 30.3 Å². The summed E-state index contributed by atoms with van der Waals surface area (Å²) in [6.07, 6.45) is 0. The molecule has 0 saturated carbocycles. The lowest BCUT2D eigenvalue weighted by atomic mass is 10.0. The number of hydrogen-bond donors (Lipinski definition) is 1. The van der Waals surface area contributed by atoms with Crippen LogP contribution in [-0.2, 0) is 14.4 Å². The number of carbonyl (C=O) groups is 3. The molecule has 2 heterocycles. The third-order valence-corrected chi connectivity index (χ3v) is 5.39. The van der Waals surface area contributed by atoms with E-state index < -0.39 is 0 Å². The van der Waals surface area contributed by atoms with Crippen LogP contribution in [0.5, 0.6) is 0 Å². The van der Waals surface area contributed by atoms with E-state index in [0.29, 0.717) is 35.7 Å². The number of nitrogens with zero attached hydrogens (tertiary/aromatic N) is 3. The van der Waals surface area contributed by atoms with E-state index in [1.807, 2.05) is 42.3 Å². The minimum absolute atomic E-state index is 0.179. The summed E-state index contributed by atoms with van der Waals surface area (Å²) in [5, 5.41) is 2.69. The standard InChI is InChI=1S/C23H24N4O3/c1-16(28)24-18-8-10-19(11-9-18)27-22(29)20(17-6-4-3-5-7-17)21(23(27)30)26-14-12-25(2)13-15-26/h3-11H,12-15H2,1-2H3,(H,24,28). The average molecular weight is 404 g/mol. The van der Waals surface area contributed by atoms with Gasteiger partial charge in [0.1, 0.15) is 5.70 Å². The lowest BCUT2D eigenvalue weighted by Gasteiger charge is -2.34. The van der Waals surface area contributed by atoms with Crippen molar-refractivity contribution in [3.8, 4) is 0 Å². The van der Waals surface area contributed by atoms with Crippen molar-refractivity contribution >= 4 is 34.7 Å². The number of carbonyl (C=O) groups excluding carboxylic acids is 3. The molecule has 0 spiro atoms. The number of amides is 3. The highest BCUT2D eigenvalue weighted by molar-refractivity contribution is 6.45. The van der Waals surface area contributed by atoms with Gasteiger partial charge in [-0.2, -0.15) is 0 Å². The number of anilines is 2. The van der Waals surface area contributed by atoms with Crippen LogP contribution in [-0.4, -0.2) is 60.7 Å². The minimum atomic E-state index is -0.326. The predicted octanol–water partition coefficient (Wildman–Crippen LogP) is 2.18. The molecule has 0 unspecified atom stereocenters. The highest BCUT2D eigenvalue weighted by Crippen LogP contribution is 2.35. The molecular weight excluding hydrogens is 380 g/mol. The van der Waals surface area contributed by atoms with Gasteiger partial charge in [-0.3, -0.25) is 14.4 Å². The van der Waals surface area contributed by atoms with Gasteiger partial charge in [-0.15, -0.1) is 0 Å². The molecule has 0 aliphatic carbocycles. The summed E-state index contributed by atoms with van der Waals surface area (Å²) in [6.45, 7) is 4.48. The summed E-state index contributed by atoms with van der Waals surface area (Å²) in [7, 11) is 2.05. The second-order valence-corrected chi connectivity index (χ2v) is 7.55. The van der Waals surface area contributed by atoms with Crippen LogP contribution in [0.4, 0.5) is 11.4 Å². The number of nitrogens with one attached hydrogen (secondary N) is 1. The molecular formula is C23H24N4O3. The van der Waals surface area contributed by atoms with Crippen molar-refractivity contribution < 1.29 is 14.4 Å². The molecule has 3 amide bonds. The molecule has 2 aromatic rings. The van der Waals surface area contributed by atoms with E-state index in [-0.39, 0.29) is 17.7 Å². The smallest absolute Gasteiger partial charge is 0.282 e. The summed E-state index contributed by atoms with van der Waals surface area (Å²) in [4.78, 5) is 43.6. The van der Waals surface area contributed by atoms with E-state index in [0.717, 1.165) is 18.7 Å². The Morgan fingerprint density at radius 3 is 2.10 bits per heavy atom. The van der Waals surface area contributed by atoms with Crippen LogP contribution in [0, 0.1) is 0 Å². The largest absolute Gasteiger partial charge is 0.364 e. The van der Waals surface area contributed by atoms with E-state index in [4.69, 9.17) is 0 Å².